The molecular weight excluding hydrogens is 200 g/mol. The van der Waals surface area contributed by atoms with Gasteiger partial charge >= 0.3 is 5.97 Å². The fourth-order valence-electron chi connectivity index (χ4n) is 1.12. The molecule has 0 unspecified atom stereocenters. The van der Waals surface area contributed by atoms with Crippen LogP contribution in [-0.2, 0) is 20.9 Å². The molecule has 15 heavy (non-hydrogen) atoms. The average Bonchev–Trinajstić information content (AvgIpc) is 2.24. The van der Waals surface area contributed by atoms with Crippen LogP contribution in [0.2, 0.25) is 0 Å². The van der Waals surface area contributed by atoms with Crippen molar-refractivity contribution >= 4 is 12.4 Å². The SMILES string of the molecule is COC(=O)c1cc(O)cc(COC=O)c1. The Morgan fingerprint density at radius 3 is 2.80 bits per heavy atom. The zero-order valence-corrected chi connectivity index (χ0v) is 8.10. The van der Waals surface area contributed by atoms with Crippen LogP contribution in [-0.4, -0.2) is 24.7 Å². The van der Waals surface area contributed by atoms with E-state index in [9.17, 15) is 14.7 Å². The number of aromatic hydroxyl groups is 1. The fraction of sp³-hybridized carbons (Fsp3) is 0.200. The molecular formula is C10H10O5. The van der Waals surface area contributed by atoms with Crippen molar-refractivity contribution < 1.29 is 24.2 Å². The number of rotatable bonds is 4. The molecule has 0 bridgehead atoms. The summed E-state index contributed by atoms with van der Waals surface area (Å²) in [4.78, 5) is 21.1. The van der Waals surface area contributed by atoms with Crippen LogP contribution >= 0.6 is 0 Å². The van der Waals surface area contributed by atoms with E-state index < -0.39 is 5.97 Å². The number of carbonyl (C=O) groups excluding carboxylic acids is 2. The zero-order chi connectivity index (χ0) is 11.3. The fourth-order valence-corrected chi connectivity index (χ4v) is 1.12. The summed E-state index contributed by atoms with van der Waals surface area (Å²) in [6, 6.07) is 4.15. The maximum Gasteiger partial charge on any atom is 0.337 e. The van der Waals surface area contributed by atoms with Gasteiger partial charge in [0.25, 0.3) is 6.47 Å². The van der Waals surface area contributed by atoms with E-state index >= 15 is 0 Å². The summed E-state index contributed by atoms with van der Waals surface area (Å²) >= 11 is 0. The number of methoxy groups -OCH3 is 1. The van der Waals surface area contributed by atoms with Crippen LogP contribution in [0.25, 0.3) is 0 Å². The first-order chi connectivity index (χ1) is 7.17. The maximum atomic E-state index is 11.1. The summed E-state index contributed by atoms with van der Waals surface area (Å²) in [6.07, 6.45) is 0. The van der Waals surface area contributed by atoms with Crippen molar-refractivity contribution in [2.75, 3.05) is 7.11 Å². The molecule has 1 rings (SSSR count). The van der Waals surface area contributed by atoms with Gasteiger partial charge in [-0.3, -0.25) is 4.79 Å². The lowest BCUT2D eigenvalue weighted by Gasteiger charge is -2.04. The van der Waals surface area contributed by atoms with Crippen molar-refractivity contribution in [2.45, 2.75) is 6.61 Å². The lowest BCUT2D eigenvalue weighted by Crippen LogP contribution is -2.02. The van der Waals surface area contributed by atoms with E-state index in [0.29, 0.717) is 12.0 Å². The Hall–Kier alpha value is -2.04. The van der Waals surface area contributed by atoms with Gasteiger partial charge in [-0.1, -0.05) is 0 Å². The van der Waals surface area contributed by atoms with Gasteiger partial charge in [-0.15, -0.1) is 0 Å². The molecule has 80 valence electrons. The van der Waals surface area contributed by atoms with Gasteiger partial charge in [0.1, 0.15) is 12.4 Å². The number of benzene rings is 1. The molecule has 0 heterocycles. The third-order valence-electron chi connectivity index (χ3n) is 1.72. The van der Waals surface area contributed by atoms with Gasteiger partial charge in [0, 0.05) is 0 Å². The normalized spacial score (nSPS) is 9.40. The predicted molar refractivity (Wildman–Crippen MR) is 50.3 cm³/mol. The number of hydrogen-bond donors (Lipinski definition) is 1. The van der Waals surface area contributed by atoms with Gasteiger partial charge < -0.3 is 14.6 Å². The molecule has 5 heteroatoms. The zero-order valence-electron chi connectivity index (χ0n) is 8.10. The Bertz CT molecular complexity index is 372. The van der Waals surface area contributed by atoms with Crippen molar-refractivity contribution in [1.29, 1.82) is 0 Å². The Labute approximate surface area is 86.2 Å². The second kappa shape index (κ2) is 4.99. The number of phenols is 1. The van der Waals surface area contributed by atoms with Crippen LogP contribution < -0.4 is 0 Å². The highest BCUT2D eigenvalue weighted by atomic mass is 16.5. The Balaban J connectivity index is 2.94. The molecule has 0 aromatic heterocycles. The van der Waals surface area contributed by atoms with Crippen molar-refractivity contribution in [3.63, 3.8) is 0 Å². The molecule has 0 aliphatic heterocycles. The monoisotopic (exact) mass is 210 g/mol. The Kier molecular flexibility index (Phi) is 3.68. The summed E-state index contributed by atoms with van der Waals surface area (Å²) in [5.41, 5.74) is 0.726. The molecule has 0 fully saturated rings. The van der Waals surface area contributed by atoms with E-state index in [4.69, 9.17) is 0 Å². The Morgan fingerprint density at radius 2 is 2.20 bits per heavy atom. The lowest BCUT2D eigenvalue weighted by atomic mass is 10.1. The summed E-state index contributed by atoms with van der Waals surface area (Å²) in [5.74, 6) is -0.638. The smallest absolute Gasteiger partial charge is 0.337 e. The Morgan fingerprint density at radius 1 is 1.47 bits per heavy atom. The highest BCUT2D eigenvalue weighted by Gasteiger charge is 2.08. The first-order valence-corrected chi connectivity index (χ1v) is 4.14. The maximum absolute atomic E-state index is 11.1. The van der Waals surface area contributed by atoms with Crippen LogP contribution in [0.3, 0.4) is 0 Å². The van der Waals surface area contributed by atoms with Crippen molar-refractivity contribution in [3.8, 4) is 5.75 Å². The van der Waals surface area contributed by atoms with E-state index in [0.717, 1.165) is 0 Å². The second-order valence-electron chi connectivity index (χ2n) is 2.79. The molecule has 0 radical (unpaired) electrons. The minimum Gasteiger partial charge on any atom is -0.508 e. The predicted octanol–water partition coefficient (Wildman–Crippen LogP) is 0.852. The first-order valence-electron chi connectivity index (χ1n) is 4.14. The highest BCUT2D eigenvalue weighted by molar-refractivity contribution is 5.90. The highest BCUT2D eigenvalue weighted by Crippen LogP contribution is 2.17. The largest absolute Gasteiger partial charge is 0.508 e. The summed E-state index contributed by atoms with van der Waals surface area (Å²) in [7, 11) is 1.24. The molecule has 1 N–H and O–H groups in total. The van der Waals surface area contributed by atoms with E-state index in [1.54, 1.807) is 0 Å². The molecule has 0 aliphatic carbocycles. The lowest BCUT2D eigenvalue weighted by molar-refractivity contribution is -0.129. The third-order valence-corrected chi connectivity index (χ3v) is 1.72. The van der Waals surface area contributed by atoms with Crippen LogP contribution in [0.5, 0.6) is 5.75 Å². The first kappa shape index (κ1) is 11.0. The topological polar surface area (TPSA) is 72.8 Å². The van der Waals surface area contributed by atoms with Crippen LogP contribution in [0, 0.1) is 0 Å². The van der Waals surface area contributed by atoms with Crippen molar-refractivity contribution in [2.24, 2.45) is 0 Å². The average molecular weight is 210 g/mol. The minimum atomic E-state index is -0.557. The van der Waals surface area contributed by atoms with Crippen LogP contribution in [0.4, 0.5) is 0 Å². The van der Waals surface area contributed by atoms with Gasteiger partial charge in [0.15, 0.2) is 0 Å². The third kappa shape index (κ3) is 2.98. The summed E-state index contributed by atoms with van der Waals surface area (Å²) in [5, 5.41) is 9.29. The van der Waals surface area contributed by atoms with Crippen LogP contribution in [0.1, 0.15) is 15.9 Å². The number of ether oxygens (including phenoxy) is 2. The number of carbonyl (C=O) groups is 2. The van der Waals surface area contributed by atoms with E-state index in [2.05, 4.69) is 9.47 Å². The quantitative estimate of drug-likeness (QED) is 0.589. The number of esters is 1. The molecule has 0 amide bonds. The molecule has 0 spiro atoms. The standard InChI is InChI=1S/C10H10O5/c1-14-10(13)8-2-7(5-15-6-11)3-9(12)4-8/h2-4,6,12H,5H2,1H3. The van der Waals surface area contributed by atoms with Gasteiger partial charge in [0.05, 0.1) is 12.7 Å². The molecule has 0 saturated carbocycles. The molecule has 1 aromatic rings. The van der Waals surface area contributed by atoms with E-state index in [1.165, 1.54) is 25.3 Å². The molecule has 5 nitrogen and oxygen atoms in total. The number of hydrogen-bond acceptors (Lipinski definition) is 5. The van der Waals surface area contributed by atoms with Gasteiger partial charge in [-0.25, -0.2) is 4.79 Å². The second-order valence-corrected chi connectivity index (χ2v) is 2.79. The summed E-state index contributed by atoms with van der Waals surface area (Å²) in [6.45, 7) is 0.295. The molecule has 0 saturated heterocycles. The van der Waals surface area contributed by atoms with Gasteiger partial charge in [0.2, 0.25) is 0 Å². The minimum absolute atomic E-state index is 0.00188. The van der Waals surface area contributed by atoms with Gasteiger partial charge in [-0.2, -0.15) is 0 Å². The van der Waals surface area contributed by atoms with Crippen molar-refractivity contribution in [1.82, 2.24) is 0 Å². The summed E-state index contributed by atoms with van der Waals surface area (Å²) < 4.78 is 8.99. The van der Waals surface area contributed by atoms with Gasteiger partial charge in [-0.05, 0) is 23.8 Å². The van der Waals surface area contributed by atoms with Crippen molar-refractivity contribution in [3.05, 3.63) is 29.3 Å². The molecule has 0 aliphatic rings. The van der Waals surface area contributed by atoms with Crippen LogP contribution in [0.15, 0.2) is 18.2 Å². The van der Waals surface area contributed by atoms with E-state index in [1.807, 2.05) is 0 Å². The number of phenolic OH excluding ortho intramolecular Hbond substituents is 1. The molecule has 1 aromatic carbocycles. The van der Waals surface area contributed by atoms with E-state index in [-0.39, 0.29) is 17.9 Å². The molecule has 0 atom stereocenters.